The van der Waals surface area contributed by atoms with Gasteiger partial charge < -0.3 is 19.5 Å². The van der Waals surface area contributed by atoms with Gasteiger partial charge in [-0.05, 0) is 37.3 Å². The first kappa shape index (κ1) is 28.4. The average Bonchev–Trinajstić information content (AvgIpc) is 3.74. The van der Waals surface area contributed by atoms with Crippen LogP contribution in [0, 0.1) is 5.92 Å². The van der Waals surface area contributed by atoms with Gasteiger partial charge in [-0.15, -0.1) is 0 Å². The van der Waals surface area contributed by atoms with Crippen molar-refractivity contribution in [3.8, 4) is 34.0 Å². The molecule has 0 bridgehead atoms. The van der Waals surface area contributed by atoms with Crippen LogP contribution in [0.25, 0.3) is 33.4 Å². The minimum atomic E-state index is -0.129. The number of allylic oxidation sites excluding steroid dienone is 1. The van der Waals surface area contributed by atoms with Crippen LogP contribution in [0.4, 0.5) is 5.95 Å². The van der Waals surface area contributed by atoms with Crippen LogP contribution in [0.15, 0.2) is 43.4 Å². The van der Waals surface area contributed by atoms with E-state index in [-0.39, 0.29) is 17.7 Å². The predicted molar refractivity (Wildman–Crippen MR) is 162 cm³/mol. The fourth-order valence-corrected chi connectivity index (χ4v) is 5.94. The quantitative estimate of drug-likeness (QED) is 0.211. The third kappa shape index (κ3) is 5.54. The van der Waals surface area contributed by atoms with Gasteiger partial charge in [-0.1, -0.05) is 29.8 Å². The van der Waals surface area contributed by atoms with E-state index in [9.17, 15) is 4.79 Å². The number of nitrogens with one attached hydrogen (secondary N) is 1. The fraction of sp³-hybridized carbons (Fsp3) is 0.367. The van der Waals surface area contributed by atoms with E-state index in [4.69, 9.17) is 47.4 Å². The van der Waals surface area contributed by atoms with Gasteiger partial charge in [-0.2, -0.15) is 5.10 Å². The lowest BCUT2D eigenvalue weighted by Gasteiger charge is -2.31. The molecule has 3 aromatic heterocycles. The number of ether oxygens (including phenoxy) is 3. The summed E-state index contributed by atoms with van der Waals surface area (Å²) in [6.07, 6.45) is 10.2. The molecule has 2 aliphatic rings. The molecule has 1 aliphatic carbocycles. The Balaban J connectivity index is 1.46. The van der Waals surface area contributed by atoms with Crippen LogP contribution in [0.1, 0.15) is 31.7 Å². The van der Waals surface area contributed by atoms with Crippen molar-refractivity contribution in [2.75, 3.05) is 32.8 Å². The van der Waals surface area contributed by atoms with Crippen LogP contribution >= 0.6 is 23.2 Å². The largest absolute Gasteiger partial charge is 0.495 e. The highest BCUT2D eigenvalue weighted by atomic mass is 35.5. The minimum Gasteiger partial charge on any atom is -0.495 e. The second kappa shape index (κ2) is 11.9. The maximum Gasteiger partial charge on any atom is 0.223 e. The summed E-state index contributed by atoms with van der Waals surface area (Å²) in [6.45, 7) is 4.67. The summed E-state index contributed by atoms with van der Waals surface area (Å²) < 4.78 is 18.7. The average molecular weight is 610 g/mol. The number of halogens is 2. The molecule has 218 valence electrons. The molecule has 1 saturated carbocycles. The summed E-state index contributed by atoms with van der Waals surface area (Å²) in [5.41, 5.74) is 3.02. The van der Waals surface area contributed by atoms with E-state index in [1.165, 1.54) is 20.3 Å². The van der Waals surface area contributed by atoms with Crippen LogP contribution in [-0.4, -0.2) is 64.0 Å². The van der Waals surface area contributed by atoms with E-state index in [0.29, 0.717) is 75.6 Å². The van der Waals surface area contributed by atoms with Gasteiger partial charge in [0.15, 0.2) is 5.78 Å². The number of ketones is 1. The van der Waals surface area contributed by atoms with Crippen molar-refractivity contribution < 1.29 is 19.0 Å². The molecule has 1 aromatic carbocycles. The molecular formula is C30H30Cl2N6O4. The van der Waals surface area contributed by atoms with E-state index < -0.39 is 0 Å². The third-order valence-corrected chi connectivity index (χ3v) is 8.45. The van der Waals surface area contributed by atoms with Gasteiger partial charge >= 0.3 is 0 Å². The Bertz CT molecular complexity index is 1640. The Morgan fingerprint density at radius 3 is 2.60 bits per heavy atom. The minimum absolute atomic E-state index is 0.00585. The summed E-state index contributed by atoms with van der Waals surface area (Å²) in [5.74, 6) is 1.32. The smallest absolute Gasteiger partial charge is 0.223 e. The molecule has 0 amide bonds. The topological polar surface area (TPSA) is 113 Å². The number of nitrogens with zero attached hydrogens (tertiary/aromatic N) is 5. The molecule has 0 radical (unpaired) electrons. The number of carbonyl (C=O) groups excluding carboxylic acids is 1. The van der Waals surface area contributed by atoms with Crippen molar-refractivity contribution >= 4 is 45.8 Å². The van der Waals surface area contributed by atoms with Gasteiger partial charge in [0.05, 0.1) is 54.8 Å². The molecule has 1 aliphatic heterocycles. The predicted octanol–water partition coefficient (Wildman–Crippen LogP) is 6.18. The van der Waals surface area contributed by atoms with Gasteiger partial charge in [-0.3, -0.25) is 9.48 Å². The summed E-state index contributed by atoms with van der Waals surface area (Å²) in [4.78, 5) is 26.7. The molecule has 0 spiro atoms. The van der Waals surface area contributed by atoms with Gasteiger partial charge in [-0.25, -0.2) is 15.0 Å². The van der Waals surface area contributed by atoms with Crippen LogP contribution in [0.5, 0.6) is 11.5 Å². The number of rotatable bonds is 10. The van der Waals surface area contributed by atoms with E-state index in [1.807, 2.05) is 16.9 Å². The number of benzene rings is 1. The Labute approximate surface area is 253 Å². The van der Waals surface area contributed by atoms with Crippen molar-refractivity contribution in [3.63, 3.8) is 0 Å². The lowest BCUT2D eigenvalue weighted by atomic mass is 9.90. The van der Waals surface area contributed by atoms with Crippen molar-refractivity contribution in [2.45, 2.75) is 37.8 Å². The van der Waals surface area contributed by atoms with Crippen molar-refractivity contribution in [1.29, 1.82) is 0 Å². The van der Waals surface area contributed by atoms with Gasteiger partial charge in [0.25, 0.3) is 0 Å². The first-order chi connectivity index (χ1) is 20.4. The number of anilines is 1. The number of aromatic nitrogens is 5. The number of hydrogen-bond donors (Lipinski definition) is 1. The lowest BCUT2D eigenvalue weighted by molar-refractivity contribution is -0.116. The molecule has 2 fully saturated rings. The molecule has 1 saturated heterocycles. The molecule has 6 rings (SSSR count). The Kier molecular flexibility index (Phi) is 8.02. The maximum atomic E-state index is 12.1. The third-order valence-electron chi connectivity index (χ3n) is 7.70. The van der Waals surface area contributed by atoms with E-state index in [2.05, 4.69) is 22.0 Å². The van der Waals surface area contributed by atoms with Crippen LogP contribution in [0.2, 0.25) is 10.0 Å². The van der Waals surface area contributed by atoms with E-state index in [1.54, 1.807) is 18.5 Å². The molecule has 0 unspecified atom stereocenters. The summed E-state index contributed by atoms with van der Waals surface area (Å²) in [6, 6.07) is 3.75. The van der Waals surface area contributed by atoms with Gasteiger partial charge in [0.1, 0.15) is 22.7 Å². The monoisotopic (exact) mass is 608 g/mol. The number of methoxy groups -OCH3 is 2. The van der Waals surface area contributed by atoms with Crippen LogP contribution in [0.3, 0.4) is 0 Å². The van der Waals surface area contributed by atoms with E-state index in [0.717, 1.165) is 30.2 Å². The lowest BCUT2D eigenvalue weighted by Crippen LogP contribution is -2.40. The number of carbonyl (C=O) groups is 1. The summed E-state index contributed by atoms with van der Waals surface area (Å²) >= 11 is 13.5. The second-order valence-electron chi connectivity index (χ2n) is 10.5. The Hall–Kier alpha value is -3.73. The molecular weight excluding hydrogens is 579 g/mol. The standard InChI is InChI=1S/C30H30Cl2N6O4/c1-4-20(39)9-16-7-8-42-15-22(16)36-30-33-12-17-10-21(25-26(31)23(40-2)11-24(41-3)27(25)32)35-29(28(17)37-30)18-13-34-38(14-18)19-5-6-19/h4,10-14,16,19,22H,1,5-9,15H2,2-3H3,(H,33,36,37)/t16-,22-/m1/s1. The zero-order valence-corrected chi connectivity index (χ0v) is 24.8. The summed E-state index contributed by atoms with van der Waals surface area (Å²) in [7, 11) is 3.06. The van der Waals surface area contributed by atoms with Crippen LogP contribution < -0.4 is 14.8 Å². The van der Waals surface area contributed by atoms with E-state index >= 15 is 0 Å². The fourth-order valence-electron chi connectivity index (χ4n) is 5.24. The molecule has 1 N–H and O–H groups in total. The highest BCUT2D eigenvalue weighted by Gasteiger charge is 2.29. The Morgan fingerprint density at radius 1 is 1.14 bits per heavy atom. The molecule has 12 heteroatoms. The highest BCUT2D eigenvalue weighted by Crippen LogP contribution is 2.46. The van der Waals surface area contributed by atoms with Crippen molar-refractivity contribution in [2.24, 2.45) is 5.92 Å². The Morgan fingerprint density at radius 2 is 1.90 bits per heavy atom. The molecule has 2 atom stereocenters. The SMILES string of the molecule is C=CC(=O)C[C@H]1CCOC[C@H]1Nc1ncc2cc(-c3c(Cl)c(OC)cc(OC)c3Cl)nc(-c3cnn(C4CC4)c3)c2n1. The maximum absolute atomic E-state index is 12.1. The zero-order valence-electron chi connectivity index (χ0n) is 23.3. The summed E-state index contributed by atoms with van der Waals surface area (Å²) in [5, 5.41) is 9.34. The van der Waals surface area contributed by atoms with Crippen LogP contribution in [-0.2, 0) is 9.53 Å². The first-order valence-electron chi connectivity index (χ1n) is 13.7. The molecule has 10 nitrogen and oxygen atoms in total. The molecule has 42 heavy (non-hydrogen) atoms. The molecule has 4 heterocycles. The number of fused-ring (bicyclic) bond motifs is 1. The van der Waals surface area contributed by atoms with Gasteiger partial charge in [0.2, 0.25) is 5.95 Å². The van der Waals surface area contributed by atoms with Crippen molar-refractivity contribution in [1.82, 2.24) is 24.7 Å². The molecule has 4 aromatic rings. The number of hydrogen-bond acceptors (Lipinski definition) is 9. The second-order valence-corrected chi connectivity index (χ2v) is 11.2. The van der Waals surface area contributed by atoms with Gasteiger partial charge in [0, 0.05) is 48.0 Å². The number of pyridine rings is 1. The first-order valence-corrected chi connectivity index (χ1v) is 14.5. The highest BCUT2D eigenvalue weighted by molar-refractivity contribution is 6.41. The zero-order chi connectivity index (χ0) is 29.4. The normalized spacial score (nSPS) is 18.6. The van der Waals surface area contributed by atoms with Crippen molar-refractivity contribution in [3.05, 3.63) is 53.4 Å².